The Balaban J connectivity index is 0.00000104. The summed E-state index contributed by atoms with van der Waals surface area (Å²) in [5, 5.41) is 7.88. The maximum Gasteiger partial charge on any atom is 0.257 e. The first kappa shape index (κ1) is 20.3. The molecule has 1 amide bonds. The van der Waals surface area contributed by atoms with Gasteiger partial charge in [-0.05, 0) is 67.8 Å². The minimum Gasteiger partial charge on any atom is -0.356 e. The first-order chi connectivity index (χ1) is 14.0. The lowest BCUT2D eigenvalue weighted by Crippen LogP contribution is -2.14. The molecule has 5 nitrogen and oxygen atoms in total. The molecule has 0 aliphatic rings. The highest BCUT2D eigenvalue weighted by molar-refractivity contribution is 6.04. The van der Waals surface area contributed by atoms with Crippen LogP contribution in [0.4, 0.5) is 5.82 Å². The third kappa shape index (κ3) is 4.19. The summed E-state index contributed by atoms with van der Waals surface area (Å²) >= 11 is 0. The second kappa shape index (κ2) is 8.69. The lowest BCUT2D eigenvalue weighted by atomic mass is 10.00. The molecule has 0 spiro atoms. The number of nitrogens with zero attached hydrogens (tertiary/aromatic N) is 2. The van der Waals surface area contributed by atoms with E-state index in [-0.39, 0.29) is 7.33 Å². The van der Waals surface area contributed by atoms with Gasteiger partial charge in [0.15, 0.2) is 5.58 Å². The molecule has 4 rings (SSSR count). The molecule has 0 aliphatic carbocycles. The number of aromatic nitrogens is 2. The molecule has 4 aromatic rings. The number of carbonyl (C=O) groups excluding carboxylic acids is 1. The van der Waals surface area contributed by atoms with Gasteiger partial charge in [0.1, 0.15) is 5.82 Å². The number of amides is 1. The van der Waals surface area contributed by atoms with Gasteiger partial charge in [-0.3, -0.25) is 4.79 Å². The van der Waals surface area contributed by atoms with Crippen LogP contribution in [0.2, 0.25) is 0 Å². The highest BCUT2D eigenvalue weighted by atomic mass is 16.5. The topological polar surface area (TPSA) is 68.0 Å². The van der Waals surface area contributed by atoms with Crippen LogP contribution in [0.3, 0.4) is 0 Å². The smallest absolute Gasteiger partial charge is 0.257 e. The predicted octanol–water partition coefficient (Wildman–Crippen LogP) is 6.34. The number of nitrogens with one attached hydrogen (secondary N) is 1. The highest BCUT2D eigenvalue weighted by Gasteiger charge is 2.12. The number of hydrogen-bond donors (Lipinski definition) is 1. The van der Waals surface area contributed by atoms with E-state index < -0.39 is 0 Å². The minimum absolute atomic E-state index is 0. The van der Waals surface area contributed by atoms with Gasteiger partial charge in [-0.25, -0.2) is 4.98 Å². The van der Waals surface area contributed by atoms with Crippen molar-refractivity contribution >= 4 is 22.7 Å². The van der Waals surface area contributed by atoms with E-state index in [2.05, 4.69) is 28.4 Å². The molecule has 0 fully saturated rings. The molecule has 5 heteroatoms. The van der Waals surface area contributed by atoms with Crippen LogP contribution in [0.1, 0.15) is 42.5 Å². The normalized spacial score (nSPS) is 10.4. The van der Waals surface area contributed by atoms with Gasteiger partial charge in [-0.2, -0.15) is 0 Å². The Bertz CT molecular complexity index is 1150. The zero-order valence-electron chi connectivity index (χ0n) is 17.4. The van der Waals surface area contributed by atoms with Gasteiger partial charge >= 0.3 is 0 Å². The first-order valence-electron chi connectivity index (χ1n) is 9.73. The van der Waals surface area contributed by atoms with E-state index >= 15 is 0 Å². The number of rotatable bonds is 3. The number of benzene rings is 2. The fraction of sp³-hybridized carbons (Fsp3) is 0.208. The fourth-order valence-corrected chi connectivity index (χ4v) is 3.16. The Hall–Kier alpha value is -3.47. The second-order valence-corrected chi connectivity index (χ2v) is 6.63. The maximum atomic E-state index is 12.4. The van der Waals surface area contributed by atoms with Crippen molar-refractivity contribution in [3.8, 4) is 11.1 Å². The van der Waals surface area contributed by atoms with Crippen LogP contribution in [-0.4, -0.2) is 16.0 Å². The number of pyridine rings is 1. The largest absolute Gasteiger partial charge is 0.356 e. The van der Waals surface area contributed by atoms with Crippen molar-refractivity contribution in [3.05, 3.63) is 77.1 Å². The third-order valence-corrected chi connectivity index (χ3v) is 4.70. The third-order valence-electron chi connectivity index (χ3n) is 4.70. The number of anilines is 1. The molecule has 0 saturated carbocycles. The fourth-order valence-electron chi connectivity index (χ4n) is 3.16. The van der Waals surface area contributed by atoms with Crippen molar-refractivity contribution in [2.24, 2.45) is 0 Å². The van der Waals surface area contributed by atoms with Gasteiger partial charge in [-0.1, -0.05) is 37.2 Å². The minimum atomic E-state index is -0.164. The van der Waals surface area contributed by atoms with Gasteiger partial charge in [-0.15, -0.1) is 0 Å². The Morgan fingerprint density at radius 1 is 1.00 bits per heavy atom. The van der Waals surface area contributed by atoms with E-state index in [1.54, 1.807) is 18.3 Å². The number of hydrogen-bond acceptors (Lipinski definition) is 4. The van der Waals surface area contributed by atoms with Crippen LogP contribution in [0.15, 0.2) is 59.3 Å². The molecule has 0 bridgehead atoms. The van der Waals surface area contributed by atoms with Crippen LogP contribution in [-0.2, 0) is 0 Å². The zero-order chi connectivity index (χ0) is 21.0. The standard InChI is InChI=1S/C22H19N3O2.C2H6.H2/c1-13-6-4-5-7-17(13)22(26)24-21-9-8-16(12-23-21)18-11-20-19(10-14(18)2)15(3)25-27-20;1-2;/h4-12H,1-3H3,(H,23,24,26);1-2H3;1H. The number of carbonyl (C=O) groups is 1. The molecule has 0 atom stereocenters. The summed E-state index contributed by atoms with van der Waals surface area (Å²) in [6.07, 6.45) is 1.75. The van der Waals surface area contributed by atoms with E-state index in [0.717, 1.165) is 38.9 Å². The second-order valence-electron chi connectivity index (χ2n) is 6.63. The van der Waals surface area contributed by atoms with Crippen molar-refractivity contribution in [2.45, 2.75) is 34.6 Å². The molecule has 2 aromatic carbocycles. The summed E-state index contributed by atoms with van der Waals surface area (Å²) in [6, 6.07) is 15.3. The lowest BCUT2D eigenvalue weighted by Gasteiger charge is -2.09. The monoisotopic (exact) mass is 389 g/mol. The van der Waals surface area contributed by atoms with E-state index in [1.165, 1.54) is 0 Å². The van der Waals surface area contributed by atoms with Gasteiger partial charge in [0.2, 0.25) is 0 Å². The summed E-state index contributed by atoms with van der Waals surface area (Å²) in [6.45, 7) is 9.89. The van der Waals surface area contributed by atoms with E-state index in [9.17, 15) is 4.79 Å². The molecule has 0 radical (unpaired) electrons. The molecule has 2 heterocycles. The molecular formula is C24H27N3O2. The van der Waals surface area contributed by atoms with Crippen molar-refractivity contribution in [1.29, 1.82) is 0 Å². The zero-order valence-corrected chi connectivity index (χ0v) is 17.4. The molecule has 2 aromatic heterocycles. The Morgan fingerprint density at radius 2 is 1.76 bits per heavy atom. The molecule has 0 aliphatic heterocycles. The highest BCUT2D eigenvalue weighted by Crippen LogP contribution is 2.29. The van der Waals surface area contributed by atoms with Gasteiger partial charge < -0.3 is 9.84 Å². The summed E-state index contributed by atoms with van der Waals surface area (Å²) in [7, 11) is 0. The average molecular weight is 389 g/mol. The van der Waals surface area contributed by atoms with Crippen molar-refractivity contribution in [1.82, 2.24) is 10.1 Å². The maximum absolute atomic E-state index is 12.4. The molecular weight excluding hydrogens is 362 g/mol. The van der Waals surface area contributed by atoms with Crippen LogP contribution in [0, 0.1) is 20.8 Å². The summed E-state index contributed by atoms with van der Waals surface area (Å²) in [5.74, 6) is 0.351. The van der Waals surface area contributed by atoms with E-state index in [0.29, 0.717) is 11.4 Å². The molecule has 150 valence electrons. The quantitative estimate of drug-likeness (QED) is 0.444. The SMILES string of the molecule is CC.Cc1ccccc1C(=O)Nc1ccc(-c2cc3onc(C)c3cc2C)cn1.[HH]. The van der Waals surface area contributed by atoms with Crippen molar-refractivity contribution < 1.29 is 10.7 Å². The summed E-state index contributed by atoms with van der Waals surface area (Å²) in [5.41, 5.74) is 6.31. The van der Waals surface area contributed by atoms with Crippen LogP contribution < -0.4 is 5.32 Å². The van der Waals surface area contributed by atoms with Crippen molar-refractivity contribution in [2.75, 3.05) is 5.32 Å². The molecule has 0 saturated heterocycles. The number of fused-ring (bicyclic) bond motifs is 1. The van der Waals surface area contributed by atoms with Crippen molar-refractivity contribution in [3.63, 3.8) is 0 Å². The predicted molar refractivity (Wildman–Crippen MR) is 119 cm³/mol. The van der Waals surface area contributed by atoms with Gasteiger partial charge in [0, 0.05) is 24.1 Å². The average Bonchev–Trinajstić information content (AvgIpc) is 3.09. The van der Waals surface area contributed by atoms with E-state index in [4.69, 9.17) is 4.52 Å². The van der Waals surface area contributed by atoms with E-state index in [1.807, 2.05) is 58.0 Å². The molecule has 0 unspecified atom stereocenters. The Kier molecular flexibility index (Phi) is 6.07. The summed E-state index contributed by atoms with van der Waals surface area (Å²) in [4.78, 5) is 16.8. The summed E-state index contributed by atoms with van der Waals surface area (Å²) < 4.78 is 5.37. The Morgan fingerprint density at radius 3 is 2.45 bits per heavy atom. The van der Waals surface area contributed by atoms with Crippen LogP contribution in [0.5, 0.6) is 0 Å². The molecule has 1 N–H and O–H groups in total. The van der Waals surface area contributed by atoms with Gasteiger partial charge in [0.05, 0.1) is 5.69 Å². The Labute approximate surface area is 172 Å². The van der Waals surface area contributed by atoms with Gasteiger partial charge in [0.25, 0.3) is 5.91 Å². The first-order valence-corrected chi connectivity index (χ1v) is 9.73. The van der Waals surface area contributed by atoms with Crippen LogP contribution in [0.25, 0.3) is 22.1 Å². The lowest BCUT2D eigenvalue weighted by molar-refractivity contribution is 0.102. The number of aryl methyl sites for hydroxylation is 3. The van der Waals surface area contributed by atoms with Crippen LogP contribution >= 0.6 is 0 Å². The molecule has 29 heavy (non-hydrogen) atoms.